The second-order valence-corrected chi connectivity index (χ2v) is 5.06. The third-order valence-electron chi connectivity index (χ3n) is 2.50. The van der Waals surface area contributed by atoms with E-state index in [9.17, 15) is 4.79 Å². The molecule has 1 heterocycles. The summed E-state index contributed by atoms with van der Waals surface area (Å²) in [6.45, 7) is 5.21. The second kappa shape index (κ2) is 6.66. The number of nitrogens with one attached hydrogen (secondary N) is 1. The highest BCUT2D eigenvalue weighted by Crippen LogP contribution is 2.17. The molecule has 1 unspecified atom stereocenters. The van der Waals surface area contributed by atoms with Crippen LogP contribution < -0.4 is 5.32 Å². The summed E-state index contributed by atoms with van der Waals surface area (Å²) >= 11 is 1.67. The fourth-order valence-corrected chi connectivity index (χ4v) is 2.20. The summed E-state index contributed by atoms with van der Waals surface area (Å²) in [4.78, 5) is 13.4. The molecule has 1 rings (SSSR count). The van der Waals surface area contributed by atoms with Crippen molar-refractivity contribution in [1.29, 1.82) is 0 Å². The van der Waals surface area contributed by atoms with E-state index in [-0.39, 0.29) is 5.97 Å². The van der Waals surface area contributed by atoms with Gasteiger partial charge in [-0.25, -0.2) is 0 Å². The SMILES string of the molecule is CCC(C)NCc1ccc(CC(=O)OC)s1. The highest BCUT2D eigenvalue weighted by molar-refractivity contribution is 7.12. The molecule has 0 saturated heterocycles. The highest BCUT2D eigenvalue weighted by Gasteiger charge is 2.06. The highest BCUT2D eigenvalue weighted by atomic mass is 32.1. The molecule has 0 spiro atoms. The van der Waals surface area contributed by atoms with Crippen LogP contribution in [0.5, 0.6) is 0 Å². The monoisotopic (exact) mass is 241 g/mol. The smallest absolute Gasteiger partial charge is 0.310 e. The Hall–Kier alpha value is -0.870. The Morgan fingerprint density at radius 3 is 2.81 bits per heavy atom. The standard InChI is InChI=1S/C12H19NO2S/c1-4-9(2)13-8-11-6-5-10(16-11)7-12(14)15-3/h5-6,9,13H,4,7-8H2,1-3H3. The van der Waals surface area contributed by atoms with E-state index in [1.165, 1.54) is 12.0 Å². The van der Waals surface area contributed by atoms with Crippen LogP contribution in [0.4, 0.5) is 0 Å². The Bertz CT molecular complexity index is 336. The van der Waals surface area contributed by atoms with Crippen molar-refractivity contribution < 1.29 is 9.53 Å². The molecule has 0 aliphatic carbocycles. The number of methoxy groups -OCH3 is 1. The molecule has 1 atom stereocenters. The fraction of sp³-hybridized carbons (Fsp3) is 0.583. The van der Waals surface area contributed by atoms with Crippen LogP contribution in [0.15, 0.2) is 12.1 Å². The van der Waals surface area contributed by atoms with Gasteiger partial charge in [0.2, 0.25) is 0 Å². The Kier molecular flexibility index (Phi) is 5.49. The molecule has 4 heteroatoms. The first-order valence-electron chi connectivity index (χ1n) is 5.53. The molecule has 0 aromatic carbocycles. The van der Waals surface area contributed by atoms with E-state index >= 15 is 0 Å². The van der Waals surface area contributed by atoms with Gasteiger partial charge in [-0.2, -0.15) is 0 Å². The zero-order valence-corrected chi connectivity index (χ0v) is 10.9. The van der Waals surface area contributed by atoms with E-state index in [0.717, 1.165) is 17.8 Å². The Morgan fingerprint density at radius 1 is 1.50 bits per heavy atom. The molecule has 0 bridgehead atoms. The quantitative estimate of drug-likeness (QED) is 0.777. The van der Waals surface area contributed by atoms with Gasteiger partial charge in [-0.3, -0.25) is 4.79 Å². The van der Waals surface area contributed by atoms with Crippen LogP contribution in [-0.2, 0) is 22.5 Å². The molecule has 0 saturated carbocycles. The largest absolute Gasteiger partial charge is 0.469 e. The van der Waals surface area contributed by atoms with E-state index in [4.69, 9.17) is 0 Å². The normalized spacial score (nSPS) is 12.4. The van der Waals surface area contributed by atoms with E-state index in [1.54, 1.807) is 11.3 Å². The first-order valence-corrected chi connectivity index (χ1v) is 6.35. The van der Waals surface area contributed by atoms with Crippen molar-refractivity contribution in [2.24, 2.45) is 0 Å². The molecule has 1 N–H and O–H groups in total. The van der Waals surface area contributed by atoms with Gasteiger partial charge in [-0.15, -0.1) is 11.3 Å². The summed E-state index contributed by atoms with van der Waals surface area (Å²) in [5.74, 6) is -0.178. The van der Waals surface area contributed by atoms with Crippen LogP contribution in [0.25, 0.3) is 0 Å². The lowest BCUT2D eigenvalue weighted by atomic mass is 10.2. The molecule has 0 amide bonds. The van der Waals surface area contributed by atoms with Crippen molar-refractivity contribution >= 4 is 17.3 Å². The predicted molar refractivity (Wildman–Crippen MR) is 66.6 cm³/mol. The lowest BCUT2D eigenvalue weighted by molar-refractivity contribution is -0.139. The topological polar surface area (TPSA) is 38.3 Å². The van der Waals surface area contributed by atoms with E-state index in [0.29, 0.717) is 12.5 Å². The van der Waals surface area contributed by atoms with Crippen molar-refractivity contribution in [3.8, 4) is 0 Å². The zero-order valence-electron chi connectivity index (χ0n) is 10.1. The molecule has 0 fully saturated rings. The molecule has 0 aliphatic rings. The first kappa shape index (κ1) is 13.2. The minimum atomic E-state index is -0.178. The fourth-order valence-electron chi connectivity index (χ4n) is 1.25. The van der Waals surface area contributed by atoms with Crippen molar-refractivity contribution in [2.45, 2.75) is 39.3 Å². The zero-order chi connectivity index (χ0) is 12.0. The molecule has 16 heavy (non-hydrogen) atoms. The summed E-state index contributed by atoms with van der Waals surface area (Å²) in [5.41, 5.74) is 0. The van der Waals surface area contributed by atoms with Gasteiger partial charge in [0.1, 0.15) is 0 Å². The van der Waals surface area contributed by atoms with Crippen molar-refractivity contribution in [1.82, 2.24) is 5.32 Å². The summed E-state index contributed by atoms with van der Waals surface area (Å²) in [5, 5.41) is 3.42. The molecule has 0 aliphatic heterocycles. The lowest BCUT2D eigenvalue weighted by Gasteiger charge is -2.09. The Balaban J connectivity index is 2.42. The predicted octanol–water partition coefficient (Wildman–Crippen LogP) is 2.35. The molecule has 3 nitrogen and oxygen atoms in total. The first-order chi connectivity index (χ1) is 7.65. The van der Waals surface area contributed by atoms with Crippen LogP contribution in [0, 0.1) is 0 Å². The summed E-state index contributed by atoms with van der Waals surface area (Å²) in [6, 6.07) is 4.60. The van der Waals surface area contributed by atoms with Crippen LogP contribution in [0.1, 0.15) is 30.0 Å². The third kappa shape index (κ3) is 4.33. The number of carbonyl (C=O) groups excluding carboxylic acids is 1. The van der Waals surface area contributed by atoms with Gasteiger partial charge < -0.3 is 10.1 Å². The van der Waals surface area contributed by atoms with Gasteiger partial charge in [0.05, 0.1) is 13.5 Å². The van der Waals surface area contributed by atoms with Crippen molar-refractivity contribution in [3.05, 3.63) is 21.9 Å². The third-order valence-corrected chi connectivity index (χ3v) is 3.59. The van der Waals surface area contributed by atoms with E-state index < -0.39 is 0 Å². The maximum Gasteiger partial charge on any atom is 0.310 e. The molecular formula is C12H19NO2S. The summed E-state index contributed by atoms with van der Waals surface area (Å²) < 4.78 is 4.63. The number of carbonyl (C=O) groups is 1. The number of rotatable bonds is 6. The van der Waals surface area contributed by atoms with E-state index in [1.807, 2.05) is 6.07 Å². The molecule has 1 aromatic rings. The number of thiophene rings is 1. The van der Waals surface area contributed by atoms with Gasteiger partial charge in [0.25, 0.3) is 0 Å². The van der Waals surface area contributed by atoms with Crippen LogP contribution >= 0.6 is 11.3 Å². The lowest BCUT2D eigenvalue weighted by Crippen LogP contribution is -2.23. The summed E-state index contributed by atoms with van der Waals surface area (Å²) in [6.07, 6.45) is 1.50. The number of esters is 1. The molecule has 90 valence electrons. The Morgan fingerprint density at radius 2 is 2.19 bits per heavy atom. The molecule has 1 aromatic heterocycles. The van der Waals surface area contributed by atoms with Gasteiger partial charge in [-0.05, 0) is 25.5 Å². The number of ether oxygens (including phenoxy) is 1. The molecule has 0 radical (unpaired) electrons. The Labute approximate surface area is 101 Å². The average Bonchev–Trinajstić information content (AvgIpc) is 2.73. The number of hydrogen-bond acceptors (Lipinski definition) is 4. The number of hydrogen-bond donors (Lipinski definition) is 1. The van der Waals surface area contributed by atoms with Crippen molar-refractivity contribution in [3.63, 3.8) is 0 Å². The molecular weight excluding hydrogens is 222 g/mol. The second-order valence-electron chi connectivity index (χ2n) is 3.81. The van der Waals surface area contributed by atoms with Gasteiger partial charge in [0, 0.05) is 22.3 Å². The van der Waals surface area contributed by atoms with Crippen LogP contribution in [-0.4, -0.2) is 19.1 Å². The summed E-state index contributed by atoms with van der Waals surface area (Å²) in [7, 11) is 1.42. The van der Waals surface area contributed by atoms with Gasteiger partial charge in [0.15, 0.2) is 0 Å². The maximum atomic E-state index is 11.1. The average molecular weight is 241 g/mol. The van der Waals surface area contributed by atoms with Crippen molar-refractivity contribution in [2.75, 3.05) is 7.11 Å². The minimum Gasteiger partial charge on any atom is -0.469 e. The van der Waals surface area contributed by atoms with Crippen LogP contribution in [0.3, 0.4) is 0 Å². The minimum absolute atomic E-state index is 0.178. The maximum absolute atomic E-state index is 11.1. The van der Waals surface area contributed by atoms with Gasteiger partial charge >= 0.3 is 5.97 Å². The van der Waals surface area contributed by atoms with Gasteiger partial charge in [-0.1, -0.05) is 6.92 Å². The van der Waals surface area contributed by atoms with Crippen LogP contribution in [0.2, 0.25) is 0 Å². The van der Waals surface area contributed by atoms with E-state index in [2.05, 4.69) is 30.0 Å².